The maximum absolute atomic E-state index is 11.8. The van der Waals surface area contributed by atoms with Crippen LogP contribution in [0.2, 0.25) is 0 Å². The van der Waals surface area contributed by atoms with Gasteiger partial charge in [0.15, 0.2) is 0 Å². The third kappa shape index (κ3) is 1.65. The number of primary amides is 1. The Morgan fingerprint density at radius 3 is 3.00 bits per heavy atom. The fourth-order valence-electron chi connectivity index (χ4n) is 3.79. The summed E-state index contributed by atoms with van der Waals surface area (Å²) in [5, 5.41) is 3.38. The van der Waals surface area contributed by atoms with Crippen LogP contribution in [0.4, 0.5) is 0 Å². The van der Waals surface area contributed by atoms with Gasteiger partial charge in [0.2, 0.25) is 5.91 Å². The Morgan fingerprint density at radius 2 is 2.17 bits per heavy atom. The molecule has 0 radical (unpaired) electrons. The minimum absolute atomic E-state index is 0.0566. The molecule has 1 aliphatic carbocycles. The second kappa shape index (κ2) is 4.39. The molecule has 3 rings (SSSR count). The zero-order valence-electron chi connectivity index (χ0n) is 10.6. The van der Waals surface area contributed by atoms with Crippen molar-refractivity contribution in [3.63, 3.8) is 0 Å². The summed E-state index contributed by atoms with van der Waals surface area (Å²) >= 11 is 0. The molecule has 1 spiro atoms. The summed E-state index contributed by atoms with van der Waals surface area (Å²) in [6, 6.07) is 8.59. The largest absolute Gasteiger partial charge is 0.369 e. The lowest BCUT2D eigenvalue weighted by atomic mass is 9.69. The molecule has 1 fully saturated rings. The Labute approximate surface area is 108 Å². The van der Waals surface area contributed by atoms with E-state index in [4.69, 9.17) is 5.73 Å². The van der Waals surface area contributed by atoms with Crippen LogP contribution in [0.15, 0.2) is 24.3 Å². The van der Waals surface area contributed by atoms with Gasteiger partial charge in [0.05, 0.1) is 5.92 Å². The van der Waals surface area contributed by atoms with Gasteiger partial charge in [0.25, 0.3) is 0 Å². The van der Waals surface area contributed by atoms with E-state index in [-0.39, 0.29) is 17.2 Å². The van der Waals surface area contributed by atoms with Crippen molar-refractivity contribution in [3.05, 3.63) is 35.4 Å². The van der Waals surface area contributed by atoms with Crippen molar-refractivity contribution in [1.82, 2.24) is 5.32 Å². The summed E-state index contributed by atoms with van der Waals surface area (Å²) in [7, 11) is 0. The smallest absolute Gasteiger partial charge is 0.222 e. The molecule has 3 heteroatoms. The minimum Gasteiger partial charge on any atom is -0.369 e. The van der Waals surface area contributed by atoms with Crippen molar-refractivity contribution in [2.24, 2.45) is 11.7 Å². The van der Waals surface area contributed by atoms with E-state index in [0.717, 1.165) is 25.9 Å². The van der Waals surface area contributed by atoms with Gasteiger partial charge in [-0.3, -0.25) is 4.79 Å². The summed E-state index contributed by atoms with van der Waals surface area (Å²) in [6.07, 6.45) is 4.60. The van der Waals surface area contributed by atoms with Gasteiger partial charge >= 0.3 is 0 Å². The summed E-state index contributed by atoms with van der Waals surface area (Å²) in [5.74, 6) is -0.214. The molecule has 3 nitrogen and oxygen atoms in total. The second-order valence-electron chi connectivity index (χ2n) is 5.61. The molecule has 0 saturated carbocycles. The highest BCUT2D eigenvalue weighted by Gasteiger charge is 2.48. The molecule has 96 valence electrons. The van der Waals surface area contributed by atoms with Crippen molar-refractivity contribution in [1.29, 1.82) is 0 Å². The highest BCUT2D eigenvalue weighted by molar-refractivity contribution is 5.79. The zero-order valence-corrected chi connectivity index (χ0v) is 10.6. The number of fused-ring (bicyclic) bond motifs is 2. The van der Waals surface area contributed by atoms with Crippen LogP contribution in [0.1, 0.15) is 30.4 Å². The van der Waals surface area contributed by atoms with Gasteiger partial charge in [-0.05, 0) is 30.4 Å². The van der Waals surface area contributed by atoms with E-state index in [0.29, 0.717) is 0 Å². The Hall–Kier alpha value is -1.35. The average Bonchev–Trinajstić information content (AvgIpc) is 2.71. The number of aryl methyl sites for hydroxylation is 1. The van der Waals surface area contributed by atoms with Crippen LogP contribution in [0.3, 0.4) is 0 Å². The summed E-state index contributed by atoms with van der Waals surface area (Å²) < 4.78 is 0. The molecule has 1 aromatic carbocycles. The first-order chi connectivity index (χ1) is 8.74. The van der Waals surface area contributed by atoms with Gasteiger partial charge in [-0.2, -0.15) is 0 Å². The van der Waals surface area contributed by atoms with Crippen LogP contribution in [-0.4, -0.2) is 19.0 Å². The van der Waals surface area contributed by atoms with Gasteiger partial charge < -0.3 is 11.1 Å². The Bertz CT molecular complexity index is 471. The number of hydrogen-bond donors (Lipinski definition) is 2. The topological polar surface area (TPSA) is 55.1 Å². The van der Waals surface area contributed by atoms with Crippen LogP contribution in [0.25, 0.3) is 0 Å². The monoisotopic (exact) mass is 244 g/mol. The van der Waals surface area contributed by atoms with Gasteiger partial charge in [0.1, 0.15) is 0 Å². The number of carbonyl (C=O) groups excluding carboxylic acids is 1. The van der Waals surface area contributed by atoms with Crippen LogP contribution in [0.5, 0.6) is 0 Å². The lowest BCUT2D eigenvalue weighted by Gasteiger charge is -2.34. The number of benzene rings is 1. The molecule has 1 aromatic rings. The zero-order chi connectivity index (χ0) is 12.6. The van der Waals surface area contributed by atoms with Crippen LogP contribution in [-0.2, 0) is 16.6 Å². The predicted molar refractivity (Wildman–Crippen MR) is 71.2 cm³/mol. The SMILES string of the molecule is NC(=O)C1CNCC12CCCCc1ccccc12. The second-order valence-corrected chi connectivity index (χ2v) is 5.61. The molecule has 0 bridgehead atoms. The number of rotatable bonds is 1. The average molecular weight is 244 g/mol. The molecule has 2 unspecified atom stereocenters. The van der Waals surface area contributed by atoms with Gasteiger partial charge in [-0.25, -0.2) is 0 Å². The standard InChI is InChI=1S/C15H20N2O/c16-14(18)13-9-17-10-15(13)8-4-3-6-11-5-1-2-7-12(11)15/h1-2,5,7,13,17H,3-4,6,8-10H2,(H2,16,18). The summed E-state index contributed by atoms with van der Waals surface area (Å²) in [5.41, 5.74) is 8.34. The molecule has 2 aliphatic rings. The van der Waals surface area contributed by atoms with Gasteiger partial charge in [-0.15, -0.1) is 0 Å². The molecular weight excluding hydrogens is 224 g/mol. The molecule has 1 heterocycles. The van der Waals surface area contributed by atoms with Crippen molar-refractivity contribution in [2.45, 2.75) is 31.1 Å². The van der Waals surface area contributed by atoms with E-state index in [2.05, 4.69) is 29.6 Å². The maximum atomic E-state index is 11.8. The van der Waals surface area contributed by atoms with Crippen molar-refractivity contribution >= 4 is 5.91 Å². The summed E-state index contributed by atoms with van der Waals surface area (Å²) in [6.45, 7) is 1.61. The van der Waals surface area contributed by atoms with E-state index in [1.165, 1.54) is 24.0 Å². The highest BCUT2D eigenvalue weighted by atomic mass is 16.1. The van der Waals surface area contributed by atoms with E-state index < -0.39 is 0 Å². The van der Waals surface area contributed by atoms with Crippen molar-refractivity contribution in [2.75, 3.05) is 13.1 Å². The number of carbonyl (C=O) groups is 1. The first-order valence-electron chi connectivity index (χ1n) is 6.82. The number of nitrogens with one attached hydrogen (secondary N) is 1. The quantitative estimate of drug-likeness (QED) is 0.783. The third-order valence-electron chi connectivity index (χ3n) is 4.67. The molecule has 1 saturated heterocycles. The number of hydrogen-bond acceptors (Lipinski definition) is 2. The van der Waals surface area contributed by atoms with E-state index >= 15 is 0 Å². The normalized spacial score (nSPS) is 31.0. The molecule has 1 aliphatic heterocycles. The molecular formula is C15H20N2O. The molecule has 2 atom stereocenters. The highest BCUT2D eigenvalue weighted by Crippen LogP contribution is 2.43. The molecule has 1 amide bonds. The van der Waals surface area contributed by atoms with E-state index in [1.54, 1.807) is 0 Å². The maximum Gasteiger partial charge on any atom is 0.222 e. The van der Waals surface area contributed by atoms with Crippen LogP contribution >= 0.6 is 0 Å². The fraction of sp³-hybridized carbons (Fsp3) is 0.533. The van der Waals surface area contributed by atoms with Crippen molar-refractivity contribution in [3.8, 4) is 0 Å². The van der Waals surface area contributed by atoms with Gasteiger partial charge in [0, 0.05) is 18.5 Å². The predicted octanol–water partition coefficient (Wildman–Crippen LogP) is 1.36. The Kier molecular flexibility index (Phi) is 2.86. The van der Waals surface area contributed by atoms with Crippen LogP contribution in [0, 0.1) is 5.92 Å². The fourth-order valence-corrected chi connectivity index (χ4v) is 3.79. The number of nitrogens with two attached hydrogens (primary N) is 1. The Morgan fingerprint density at radius 1 is 1.33 bits per heavy atom. The molecule has 18 heavy (non-hydrogen) atoms. The third-order valence-corrected chi connectivity index (χ3v) is 4.67. The van der Waals surface area contributed by atoms with Crippen molar-refractivity contribution < 1.29 is 4.79 Å². The minimum atomic E-state index is -0.156. The first kappa shape index (κ1) is 11.7. The van der Waals surface area contributed by atoms with Gasteiger partial charge in [-0.1, -0.05) is 30.7 Å². The summed E-state index contributed by atoms with van der Waals surface area (Å²) in [4.78, 5) is 11.8. The molecule has 0 aromatic heterocycles. The van der Waals surface area contributed by atoms with Crippen LogP contribution < -0.4 is 11.1 Å². The lowest BCUT2D eigenvalue weighted by Crippen LogP contribution is -2.42. The van der Waals surface area contributed by atoms with E-state index in [1.807, 2.05) is 0 Å². The molecule has 3 N–H and O–H groups in total. The lowest BCUT2D eigenvalue weighted by molar-refractivity contribution is -0.122. The number of amides is 1. The first-order valence-corrected chi connectivity index (χ1v) is 6.82. The van der Waals surface area contributed by atoms with E-state index in [9.17, 15) is 4.79 Å². The Balaban J connectivity index is 2.13.